The molecule has 1 N–H and O–H groups in total. The van der Waals surface area contributed by atoms with Crippen molar-refractivity contribution in [2.45, 2.75) is 25.2 Å². The Balaban J connectivity index is 1.75. The maximum atomic E-state index is 9.42. The van der Waals surface area contributed by atoms with Gasteiger partial charge in [0.1, 0.15) is 23.3 Å². The highest BCUT2D eigenvalue weighted by Crippen LogP contribution is 2.38. The molecule has 4 rings (SSSR count). The summed E-state index contributed by atoms with van der Waals surface area (Å²) in [5.74, 6) is 2.69. The molecular weight excluding hydrogens is 490 g/mol. The molecule has 0 aliphatic rings. The quantitative estimate of drug-likeness (QED) is 0.295. The number of methoxy groups -OCH3 is 3. The van der Waals surface area contributed by atoms with Gasteiger partial charge in [0.25, 0.3) is 0 Å². The Kier molecular flexibility index (Phi) is 8.22. The van der Waals surface area contributed by atoms with E-state index in [2.05, 4.69) is 31.0 Å². The Hall–Kier alpha value is -4.14. The van der Waals surface area contributed by atoms with Crippen molar-refractivity contribution in [2.75, 3.05) is 26.1 Å². The van der Waals surface area contributed by atoms with E-state index in [9.17, 15) is 5.26 Å². The first-order valence-corrected chi connectivity index (χ1v) is 12.3. The fourth-order valence-electron chi connectivity index (χ4n) is 3.79. The summed E-state index contributed by atoms with van der Waals surface area (Å²) in [7, 11) is 4.81. The molecule has 0 amide bonds. The van der Waals surface area contributed by atoms with Gasteiger partial charge in [0.2, 0.25) is 5.95 Å². The summed E-state index contributed by atoms with van der Waals surface area (Å²) in [6.45, 7) is 3.95. The fourth-order valence-corrected chi connectivity index (χ4v) is 4.57. The van der Waals surface area contributed by atoms with Crippen LogP contribution in [-0.4, -0.2) is 51.3 Å². The smallest absolute Gasteiger partial charge is 0.239 e. The van der Waals surface area contributed by atoms with Gasteiger partial charge < -0.3 is 14.2 Å². The summed E-state index contributed by atoms with van der Waals surface area (Å²) in [6.07, 6.45) is 3.18. The third-order valence-corrected chi connectivity index (χ3v) is 6.53. The van der Waals surface area contributed by atoms with Gasteiger partial charge in [-0.15, -0.1) is 10.2 Å². The third-order valence-electron chi connectivity index (χ3n) is 5.61. The minimum atomic E-state index is -0.359. The predicted molar refractivity (Wildman–Crippen MR) is 142 cm³/mol. The lowest BCUT2D eigenvalue weighted by molar-refractivity contribution is 0.0972. The van der Waals surface area contributed by atoms with E-state index in [4.69, 9.17) is 14.2 Å². The number of ether oxygens (including phenoxy) is 3. The highest BCUT2D eigenvalue weighted by atomic mass is 32.2. The van der Waals surface area contributed by atoms with Crippen LogP contribution in [0.5, 0.6) is 11.5 Å². The van der Waals surface area contributed by atoms with Crippen molar-refractivity contribution in [1.82, 2.24) is 24.7 Å². The lowest BCUT2D eigenvalue weighted by atomic mass is 10.1. The second-order valence-corrected chi connectivity index (χ2v) is 9.27. The summed E-state index contributed by atoms with van der Waals surface area (Å²) in [4.78, 5) is 8.85. The van der Waals surface area contributed by atoms with E-state index in [1.807, 2.05) is 42.7 Å². The number of benzene rings is 2. The second kappa shape index (κ2) is 11.7. The lowest BCUT2D eigenvalue weighted by Crippen LogP contribution is -2.19. The molecule has 4 aromatic rings. The van der Waals surface area contributed by atoms with Gasteiger partial charge in [-0.3, -0.25) is 9.29 Å². The number of hydrogen-bond acceptors (Lipinski definition) is 10. The molecule has 0 aliphatic heterocycles. The number of aromatic nitrogens is 5. The topological polar surface area (TPSA) is 120 Å². The molecule has 2 unspecified atom stereocenters. The molecule has 0 saturated carbocycles. The van der Waals surface area contributed by atoms with Gasteiger partial charge in [0.05, 0.1) is 31.1 Å². The van der Waals surface area contributed by atoms with Crippen molar-refractivity contribution in [3.63, 3.8) is 0 Å². The number of rotatable bonds is 10. The van der Waals surface area contributed by atoms with Crippen molar-refractivity contribution >= 4 is 17.9 Å². The number of anilines is 1. The molecule has 0 spiro atoms. The van der Waals surface area contributed by atoms with E-state index in [1.165, 1.54) is 11.9 Å². The molecule has 0 aliphatic carbocycles. The Morgan fingerprint density at radius 1 is 1.00 bits per heavy atom. The Bertz CT molecular complexity index is 1380. The Labute approximate surface area is 219 Å². The largest absolute Gasteiger partial charge is 0.494 e. The number of hydrogen-bond donors (Lipinski definition) is 1. The average molecular weight is 518 g/mol. The van der Waals surface area contributed by atoms with Gasteiger partial charge in [0.15, 0.2) is 11.6 Å². The molecule has 2 atom stereocenters. The SMILES string of the molecule is COc1cccc(OC)c1-n1c(NSC(C)C(OC)c2ncc(C)cn2)nnc1-c1cccc(C#N)c1. The number of nitriles is 1. The summed E-state index contributed by atoms with van der Waals surface area (Å²) in [5, 5.41) is 18.2. The van der Waals surface area contributed by atoms with Crippen LogP contribution in [0.3, 0.4) is 0 Å². The zero-order valence-electron chi connectivity index (χ0n) is 21.2. The normalized spacial score (nSPS) is 12.4. The van der Waals surface area contributed by atoms with Crippen LogP contribution in [-0.2, 0) is 4.74 Å². The highest BCUT2D eigenvalue weighted by Gasteiger charge is 2.26. The maximum absolute atomic E-state index is 9.42. The van der Waals surface area contributed by atoms with Crippen molar-refractivity contribution in [1.29, 1.82) is 5.26 Å². The summed E-state index contributed by atoms with van der Waals surface area (Å²) >= 11 is 1.40. The van der Waals surface area contributed by atoms with Crippen LogP contribution in [0.25, 0.3) is 17.1 Å². The molecule has 0 saturated heterocycles. The molecule has 2 aromatic heterocycles. The molecule has 37 heavy (non-hydrogen) atoms. The van der Waals surface area contributed by atoms with E-state index in [-0.39, 0.29) is 11.4 Å². The van der Waals surface area contributed by atoms with Crippen LogP contribution in [0.2, 0.25) is 0 Å². The molecule has 2 heterocycles. The summed E-state index contributed by atoms with van der Waals surface area (Å²) < 4.78 is 22.2. The lowest BCUT2D eigenvalue weighted by Gasteiger charge is -2.22. The first-order valence-electron chi connectivity index (χ1n) is 11.4. The molecule has 11 heteroatoms. The number of para-hydroxylation sites is 1. The van der Waals surface area contributed by atoms with Crippen molar-refractivity contribution in [3.8, 4) is 34.6 Å². The van der Waals surface area contributed by atoms with Gasteiger partial charge in [-0.1, -0.05) is 18.2 Å². The molecule has 190 valence electrons. The summed E-state index contributed by atoms with van der Waals surface area (Å²) in [5.41, 5.74) is 2.82. The molecule has 2 aromatic carbocycles. The zero-order chi connectivity index (χ0) is 26.4. The van der Waals surface area contributed by atoms with E-state index >= 15 is 0 Å². The molecule has 0 radical (unpaired) electrons. The van der Waals surface area contributed by atoms with Crippen LogP contribution in [0, 0.1) is 18.3 Å². The van der Waals surface area contributed by atoms with Gasteiger partial charge >= 0.3 is 0 Å². The van der Waals surface area contributed by atoms with Crippen molar-refractivity contribution in [3.05, 3.63) is 71.8 Å². The van der Waals surface area contributed by atoms with Crippen LogP contribution >= 0.6 is 11.9 Å². The Morgan fingerprint density at radius 2 is 1.68 bits per heavy atom. The van der Waals surface area contributed by atoms with Gasteiger partial charge in [0, 0.05) is 25.1 Å². The summed E-state index contributed by atoms with van der Waals surface area (Å²) in [6, 6.07) is 14.9. The minimum absolute atomic E-state index is 0.0946. The highest BCUT2D eigenvalue weighted by molar-refractivity contribution is 8.01. The molecule has 10 nitrogen and oxygen atoms in total. The van der Waals surface area contributed by atoms with E-state index in [0.29, 0.717) is 45.9 Å². The Morgan fingerprint density at radius 3 is 2.30 bits per heavy atom. The second-order valence-electron chi connectivity index (χ2n) is 8.09. The zero-order valence-corrected chi connectivity index (χ0v) is 22.0. The van der Waals surface area contributed by atoms with E-state index in [0.717, 1.165) is 5.56 Å². The number of nitrogens with zero attached hydrogens (tertiary/aromatic N) is 6. The van der Waals surface area contributed by atoms with Crippen LogP contribution in [0.4, 0.5) is 5.95 Å². The maximum Gasteiger partial charge on any atom is 0.239 e. The van der Waals surface area contributed by atoms with Crippen LogP contribution < -0.4 is 14.2 Å². The van der Waals surface area contributed by atoms with E-state index in [1.54, 1.807) is 51.9 Å². The van der Waals surface area contributed by atoms with Crippen LogP contribution in [0.1, 0.15) is 30.0 Å². The van der Waals surface area contributed by atoms with Crippen molar-refractivity contribution < 1.29 is 14.2 Å². The monoisotopic (exact) mass is 517 g/mol. The predicted octanol–water partition coefficient (Wildman–Crippen LogP) is 4.76. The third kappa shape index (κ3) is 5.50. The molecule has 0 fully saturated rings. The first kappa shape index (κ1) is 25.9. The van der Waals surface area contributed by atoms with Gasteiger partial charge in [-0.25, -0.2) is 9.97 Å². The number of nitrogens with one attached hydrogen (secondary N) is 1. The molecule has 0 bridgehead atoms. The average Bonchev–Trinajstić information content (AvgIpc) is 3.36. The molecular formula is C26H27N7O3S. The van der Waals surface area contributed by atoms with Crippen molar-refractivity contribution in [2.24, 2.45) is 0 Å². The first-order chi connectivity index (χ1) is 18.0. The van der Waals surface area contributed by atoms with Gasteiger partial charge in [-0.2, -0.15) is 5.26 Å². The minimum Gasteiger partial charge on any atom is -0.494 e. The fraction of sp³-hybridized carbons (Fsp3) is 0.269. The van der Waals surface area contributed by atoms with Crippen LogP contribution in [0.15, 0.2) is 54.9 Å². The number of aryl methyl sites for hydroxylation is 1. The van der Waals surface area contributed by atoms with Gasteiger partial charge in [-0.05, 0) is 55.6 Å². The van der Waals surface area contributed by atoms with E-state index < -0.39 is 0 Å². The standard InChI is InChI=1S/C26H27N7O3S/c1-16-14-28-24(29-15-16)23(36-5)17(2)37-32-26-31-30-25(19-9-6-8-18(12-19)13-27)33(26)22-20(34-3)10-7-11-21(22)35-4/h6-12,14-15,17,23H,1-5H3,(H,31,32).